The highest BCUT2D eigenvalue weighted by atomic mass is 32.1. The van der Waals surface area contributed by atoms with Crippen molar-refractivity contribution >= 4 is 39.4 Å². The Morgan fingerprint density at radius 1 is 1.28 bits per heavy atom. The van der Waals surface area contributed by atoms with Crippen molar-refractivity contribution in [1.29, 1.82) is 0 Å². The van der Waals surface area contributed by atoms with E-state index in [0.717, 1.165) is 5.69 Å². The molecule has 0 spiro atoms. The number of fused-ring (bicyclic) bond motifs is 1. The molecule has 4 rings (SSSR count). The number of hydrogen-bond donors (Lipinski definition) is 3. The Balaban J connectivity index is 1.64. The zero-order valence-electron chi connectivity index (χ0n) is 15.9. The Bertz CT molecular complexity index is 1240. The molecule has 4 N–H and O–H groups in total. The standard InChI is InChI=1S/C19H18N6O3S/c1-8(2)12-5-11(15-9(3)25-28-18(15)22-12)17(27)24-19-23-14(7-29-19)10-4-13(16(20)26)21-6-10/h4-8,21H,1-3H3,(H2,20,26)(H,23,24,27). The van der Waals surface area contributed by atoms with Crippen molar-refractivity contribution in [2.45, 2.75) is 26.7 Å². The molecule has 4 aromatic heterocycles. The van der Waals surface area contributed by atoms with Crippen molar-refractivity contribution in [3.05, 3.63) is 46.4 Å². The second-order valence-electron chi connectivity index (χ2n) is 6.86. The summed E-state index contributed by atoms with van der Waals surface area (Å²) in [4.78, 5) is 35.9. The molecule has 4 aromatic rings. The molecule has 0 aliphatic carbocycles. The van der Waals surface area contributed by atoms with Crippen LogP contribution in [-0.2, 0) is 0 Å². The normalized spacial score (nSPS) is 11.3. The van der Waals surface area contributed by atoms with Gasteiger partial charge in [-0.15, -0.1) is 11.3 Å². The van der Waals surface area contributed by atoms with Gasteiger partial charge in [-0.3, -0.25) is 14.9 Å². The number of carbonyl (C=O) groups excluding carboxylic acids is 2. The number of rotatable bonds is 5. The Morgan fingerprint density at radius 3 is 2.76 bits per heavy atom. The Kier molecular flexibility index (Phi) is 4.63. The maximum atomic E-state index is 13.0. The third-order valence-electron chi connectivity index (χ3n) is 4.44. The molecule has 0 aliphatic heterocycles. The number of amides is 2. The van der Waals surface area contributed by atoms with Gasteiger partial charge in [0.05, 0.1) is 22.3 Å². The minimum Gasteiger partial charge on any atom is -0.364 e. The minimum absolute atomic E-state index is 0.121. The number of primary amides is 1. The summed E-state index contributed by atoms with van der Waals surface area (Å²) in [5.74, 6) is -0.749. The summed E-state index contributed by atoms with van der Waals surface area (Å²) in [6, 6.07) is 3.37. The van der Waals surface area contributed by atoms with Crippen LogP contribution in [0.25, 0.3) is 22.4 Å². The highest BCUT2D eigenvalue weighted by Gasteiger charge is 2.21. The van der Waals surface area contributed by atoms with Crippen molar-refractivity contribution in [2.75, 3.05) is 5.32 Å². The fourth-order valence-corrected chi connectivity index (χ4v) is 3.62. The lowest BCUT2D eigenvalue weighted by Gasteiger charge is -2.08. The van der Waals surface area contributed by atoms with Crippen LogP contribution in [0.4, 0.5) is 5.13 Å². The largest absolute Gasteiger partial charge is 0.364 e. The Morgan fingerprint density at radius 2 is 2.07 bits per heavy atom. The molecule has 0 saturated heterocycles. The molecule has 0 atom stereocenters. The minimum atomic E-state index is -0.549. The van der Waals surface area contributed by atoms with Crippen LogP contribution in [0.3, 0.4) is 0 Å². The molecule has 0 saturated carbocycles. The predicted octanol–water partition coefficient (Wildman–Crippen LogP) is 3.46. The van der Waals surface area contributed by atoms with E-state index in [0.29, 0.717) is 44.4 Å². The molecule has 10 heteroatoms. The van der Waals surface area contributed by atoms with E-state index in [2.05, 4.69) is 25.4 Å². The number of hydrogen-bond acceptors (Lipinski definition) is 7. The molecule has 0 unspecified atom stereocenters. The van der Waals surface area contributed by atoms with Crippen LogP contribution in [-0.4, -0.2) is 31.9 Å². The molecule has 0 bridgehead atoms. The van der Waals surface area contributed by atoms with Gasteiger partial charge in [0.2, 0.25) is 0 Å². The van der Waals surface area contributed by atoms with Gasteiger partial charge in [-0.05, 0) is 25.0 Å². The summed E-state index contributed by atoms with van der Waals surface area (Å²) in [7, 11) is 0. The first kappa shape index (κ1) is 18.8. The second-order valence-corrected chi connectivity index (χ2v) is 7.71. The van der Waals surface area contributed by atoms with E-state index >= 15 is 0 Å². The van der Waals surface area contributed by atoms with E-state index in [4.69, 9.17) is 10.3 Å². The van der Waals surface area contributed by atoms with Gasteiger partial charge in [0.15, 0.2) is 5.13 Å². The SMILES string of the molecule is Cc1noc2nc(C(C)C)cc(C(=O)Nc3nc(-c4c[nH]c(C(N)=O)c4)cs3)c12. The van der Waals surface area contributed by atoms with E-state index in [1.54, 1.807) is 30.6 Å². The van der Waals surface area contributed by atoms with Crippen LogP contribution in [0, 0.1) is 6.92 Å². The summed E-state index contributed by atoms with van der Waals surface area (Å²) in [5.41, 5.74) is 9.00. The molecule has 148 valence electrons. The smallest absolute Gasteiger partial charge is 0.265 e. The topological polar surface area (TPSA) is 140 Å². The summed E-state index contributed by atoms with van der Waals surface area (Å²) in [6.07, 6.45) is 1.64. The van der Waals surface area contributed by atoms with Crippen LogP contribution < -0.4 is 11.1 Å². The third kappa shape index (κ3) is 3.49. The van der Waals surface area contributed by atoms with Crippen molar-refractivity contribution in [2.24, 2.45) is 5.73 Å². The number of nitrogens with one attached hydrogen (secondary N) is 2. The van der Waals surface area contributed by atoms with Gasteiger partial charge in [0, 0.05) is 22.8 Å². The monoisotopic (exact) mass is 410 g/mol. The number of anilines is 1. The van der Waals surface area contributed by atoms with Crippen molar-refractivity contribution in [1.82, 2.24) is 20.1 Å². The lowest BCUT2D eigenvalue weighted by atomic mass is 10.0. The molecular weight excluding hydrogens is 392 g/mol. The van der Waals surface area contributed by atoms with Gasteiger partial charge in [-0.2, -0.15) is 0 Å². The molecule has 9 nitrogen and oxygen atoms in total. The van der Waals surface area contributed by atoms with Gasteiger partial charge < -0.3 is 15.2 Å². The summed E-state index contributed by atoms with van der Waals surface area (Å²) < 4.78 is 5.27. The number of nitrogens with zero attached hydrogens (tertiary/aromatic N) is 3. The number of aryl methyl sites for hydroxylation is 1. The summed E-state index contributed by atoms with van der Waals surface area (Å²) in [5, 5.41) is 9.56. The fourth-order valence-electron chi connectivity index (χ4n) is 2.90. The molecule has 0 aliphatic rings. The van der Waals surface area contributed by atoms with Gasteiger partial charge in [-0.1, -0.05) is 19.0 Å². The molecule has 4 heterocycles. The van der Waals surface area contributed by atoms with Crippen molar-refractivity contribution in [3.8, 4) is 11.3 Å². The third-order valence-corrected chi connectivity index (χ3v) is 5.20. The Labute approximate surface area is 169 Å². The zero-order valence-corrected chi connectivity index (χ0v) is 16.8. The number of aromatic nitrogens is 4. The van der Waals surface area contributed by atoms with Crippen LogP contribution in [0.5, 0.6) is 0 Å². The maximum absolute atomic E-state index is 13.0. The molecule has 29 heavy (non-hydrogen) atoms. The Hall–Kier alpha value is -3.53. The van der Waals surface area contributed by atoms with Gasteiger partial charge in [-0.25, -0.2) is 9.97 Å². The number of H-pyrrole nitrogens is 1. The lowest BCUT2D eigenvalue weighted by molar-refractivity contribution is 0.0994. The van der Waals surface area contributed by atoms with Crippen LogP contribution in [0.1, 0.15) is 52.0 Å². The number of thiazole rings is 1. The zero-order chi connectivity index (χ0) is 20.7. The van der Waals surface area contributed by atoms with Crippen LogP contribution in [0.2, 0.25) is 0 Å². The van der Waals surface area contributed by atoms with Crippen LogP contribution in [0.15, 0.2) is 28.2 Å². The maximum Gasteiger partial charge on any atom is 0.265 e. The van der Waals surface area contributed by atoms with E-state index in [-0.39, 0.29) is 11.8 Å². The number of nitrogens with two attached hydrogens (primary N) is 1. The van der Waals surface area contributed by atoms with Crippen molar-refractivity contribution in [3.63, 3.8) is 0 Å². The number of aromatic amines is 1. The van der Waals surface area contributed by atoms with E-state index in [1.165, 1.54) is 11.3 Å². The molecule has 0 radical (unpaired) electrons. The molecule has 0 fully saturated rings. The van der Waals surface area contributed by atoms with Gasteiger partial charge in [0.1, 0.15) is 5.69 Å². The highest BCUT2D eigenvalue weighted by molar-refractivity contribution is 7.14. The molecule has 0 aromatic carbocycles. The number of carbonyl (C=O) groups is 2. The first-order valence-electron chi connectivity index (χ1n) is 8.86. The predicted molar refractivity (Wildman–Crippen MR) is 109 cm³/mol. The van der Waals surface area contributed by atoms with Crippen LogP contribution >= 0.6 is 11.3 Å². The number of pyridine rings is 1. The van der Waals surface area contributed by atoms with Gasteiger partial charge >= 0.3 is 0 Å². The summed E-state index contributed by atoms with van der Waals surface area (Å²) in [6.45, 7) is 5.75. The first-order valence-corrected chi connectivity index (χ1v) is 9.74. The average Bonchev–Trinajstić information content (AvgIpc) is 3.40. The molecule has 2 amide bonds. The second kappa shape index (κ2) is 7.13. The quantitative estimate of drug-likeness (QED) is 0.460. The van der Waals surface area contributed by atoms with Gasteiger partial charge in [0.25, 0.3) is 17.5 Å². The molecular formula is C19H18N6O3S. The van der Waals surface area contributed by atoms with E-state index < -0.39 is 5.91 Å². The average molecular weight is 410 g/mol. The lowest BCUT2D eigenvalue weighted by Crippen LogP contribution is -2.13. The first-order chi connectivity index (χ1) is 13.8. The highest BCUT2D eigenvalue weighted by Crippen LogP contribution is 2.28. The van der Waals surface area contributed by atoms with E-state index in [1.807, 2.05) is 13.8 Å². The van der Waals surface area contributed by atoms with Crippen molar-refractivity contribution < 1.29 is 14.1 Å². The fraction of sp³-hybridized carbons (Fsp3) is 0.211. The van der Waals surface area contributed by atoms with E-state index in [9.17, 15) is 9.59 Å². The summed E-state index contributed by atoms with van der Waals surface area (Å²) >= 11 is 1.28.